The first kappa shape index (κ1) is 15.0. The smallest absolute Gasteiger partial charge is 0.316 e. The lowest BCUT2D eigenvalue weighted by atomic mass is 9.77. The number of ketones is 1. The highest BCUT2D eigenvalue weighted by Crippen LogP contribution is 2.36. The van der Waals surface area contributed by atoms with Crippen LogP contribution in [-0.4, -0.2) is 18.9 Å². The van der Waals surface area contributed by atoms with Crippen molar-refractivity contribution >= 4 is 5.78 Å². The Kier molecular flexibility index (Phi) is 3.86. The predicted molar refractivity (Wildman–Crippen MR) is 65.9 cm³/mol. The fourth-order valence-electron chi connectivity index (χ4n) is 2.59. The molecule has 2 rings (SSSR count). The maximum absolute atomic E-state index is 13.2. The molecule has 1 aromatic rings. The van der Waals surface area contributed by atoms with Crippen LogP contribution in [0.4, 0.5) is 17.6 Å². The minimum absolute atomic E-state index is 0.0794. The van der Waals surface area contributed by atoms with Crippen LogP contribution in [0.1, 0.15) is 35.7 Å². The molecule has 1 aliphatic rings. The SMILES string of the molecule is CCC1(C(=O)c2ccc(F)c(C(F)(F)F)c2)CCNC1. The van der Waals surface area contributed by atoms with Crippen molar-refractivity contribution in [2.24, 2.45) is 5.41 Å². The van der Waals surface area contributed by atoms with Crippen molar-refractivity contribution in [1.29, 1.82) is 0 Å². The van der Waals surface area contributed by atoms with Gasteiger partial charge in [0.1, 0.15) is 5.82 Å². The molecule has 1 atom stereocenters. The Bertz CT molecular complexity index is 518. The first-order chi connectivity index (χ1) is 9.30. The van der Waals surface area contributed by atoms with Gasteiger partial charge in [0.15, 0.2) is 5.78 Å². The van der Waals surface area contributed by atoms with Crippen molar-refractivity contribution in [1.82, 2.24) is 5.32 Å². The van der Waals surface area contributed by atoms with Crippen molar-refractivity contribution in [3.05, 3.63) is 35.1 Å². The molecule has 1 fully saturated rings. The third kappa shape index (κ3) is 2.57. The second-order valence-electron chi connectivity index (χ2n) is 5.08. The van der Waals surface area contributed by atoms with Gasteiger partial charge < -0.3 is 5.32 Å². The van der Waals surface area contributed by atoms with E-state index in [1.165, 1.54) is 0 Å². The quantitative estimate of drug-likeness (QED) is 0.682. The fourth-order valence-corrected chi connectivity index (χ4v) is 2.59. The van der Waals surface area contributed by atoms with Crippen LogP contribution in [-0.2, 0) is 6.18 Å². The molecule has 0 spiro atoms. The second-order valence-corrected chi connectivity index (χ2v) is 5.08. The standard InChI is InChI=1S/C14H15F4NO/c1-2-13(5-6-19-8-13)12(20)9-3-4-11(15)10(7-9)14(16,17)18/h3-4,7,19H,2,5-6,8H2,1H3. The van der Waals surface area contributed by atoms with Gasteiger partial charge in [-0.05, 0) is 37.6 Å². The zero-order valence-electron chi connectivity index (χ0n) is 11.0. The van der Waals surface area contributed by atoms with Gasteiger partial charge in [-0.3, -0.25) is 4.79 Å². The van der Waals surface area contributed by atoms with Crippen LogP contribution in [0.15, 0.2) is 18.2 Å². The summed E-state index contributed by atoms with van der Waals surface area (Å²) in [6, 6.07) is 2.46. The number of hydrogen-bond donors (Lipinski definition) is 1. The molecule has 0 aromatic heterocycles. The Labute approximate surface area is 114 Å². The second kappa shape index (κ2) is 5.16. The van der Waals surface area contributed by atoms with Gasteiger partial charge in [0.2, 0.25) is 0 Å². The van der Waals surface area contributed by atoms with Gasteiger partial charge in [0, 0.05) is 17.5 Å². The van der Waals surface area contributed by atoms with E-state index in [9.17, 15) is 22.4 Å². The predicted octanol–water partition coefficient (Wildman–Crippen LogP) is 3.42. The van der Waals surface area contributed by atoms with Gasteiger partial charge >= 0.3 is 6.18 Å². The number of benzene rings is 1. The molecule has 1 aliphatic heterocycles. The summed E-state index contributed by atoms with van der Waals surface area (Å²) < 4.78 is 51.3. The number of alkyl halides is 3. The number of carbonyl (C=O) groups excluding carboxylic acids is 1. The minimum atomic E-state index is -4.80. The number of halogens is 4. The van der Waals surface area contributed by atoms with Gasteiger partial charge in [0.05, 0.1) is 5.56 Å². The Morgan fingerprint density at radius 1 is 1.40 bits per heavy atom. The largest absolute Gasteiger partial charge is 0.419 e. The lowest BCUT2D eigenvalue weighted by Crippen LogP contribution is -2.33. The topological polar surface area (TPSA) is 29.1 Å². The molecule has 1 N–H and O–H groups in total. The molecule has 0 radical (unpaired) electrons. The van der Waals surface area contributed by atoms with E-state index >= 15 is 0 Å². The van der Waals surface area contributed by atoms with E-state index in [1.807, 2.05) is 6.92 Å². The van der Waals surface area contributed by atoms with Gasteiger partial charge in [-0.15, -0.1) is 0 Å². The molecule has 20 heavy (non-hydrogen) atoms. The van der Waals surface area contributed by atoms with Crippen molar-refractivity contribution in [2.75, 3.05) is 13.1 Å². The van der Waals surface area contributed by atoms with Gasteiger partial charge in [0.25, 0.3) is 0 Å². The van der Waals surface area contributed by atoms with Gasteiger partial charge in [-0.1, -0.05) is 6.92 Å². The van der Waals surface area contributed by atoms with E-state index in [2.05, 4.69) is 5.32 Å². The highest BCUT2D eigenvalue weighted by molar-refractivity contribution is 6.01. The third-order valence-corrected chi connectivity index (χ3v) is 3.94. The summed E-state index contributed by atoms with van der Waals surface area (Å²) in [6.07, 6.45) is -3.67. The number of hydrogen-bond acceptors (Lipinski definition) is 2. The number of Topliss-reactive ketones (excluding diaryl/α,β-unsaturated/α-hetero) is 1. The lowest BCUT2D eigenvalue weighted by Gasteiger charge is -2.25. The maximum atomic E-state index is 13.2. The lowest BCUT2D eigenvalue weighted by molar-refractivity contribution is -0.140. The average Bonchev–Trinajstić information content (AvgIpc) is 2.87. The third-order valence-electron chi connectivity index (χ3n) is 3.94. The number of nitrogens with one attached hydrogen (secondary N) is 1. The molecular weight excluding hydrogens is 274 g/mol. The van der Waals surface area contributed by atoms with Crippen LogP contribution in [0.3, 0.4) is 0 Å². The molecule has 1 saturated heterocycles. The van der Waals surface area contributed by atoms with Crippen molar-refractivity contribution < 1.29 is 22.4 Å². The molecule has 2 nitrogen and oxygen atoms in total. The molecule has 1 aromatic carbocycles. The van der Waals surface area contributed by atoms with Crippen LogP contribution in [0.5, 0.6) is 0 Å². The van der Waals surface area contributed by atoms with Gasteiger partial charge in [-0.25, -0.2) is 4.39 Å². The van der Waals surface area contributed by atoms with Crippen molar-refractivity contribution in [3.8, 4) is 0 Å². The van der Waals surface area contributed by atoms with Crippen LogP contribution in [0.25, 0.3) is 0 Å². The zero-order chi connectivity index (χ0) is 15.0. The van der Waals surface area contributed by atoms with Gasteiger partial charge in [-0.2, -0.15) is 13.2 Å². The van der Waals surface area contributed by atoms with E-state index < -0.39 is 23.0 Å². The summed E-state index contributed by atoms with van der Waals surface area (Å²) in [5.41, 5.74) is -2.15. The monoisotopic (exact) mass is 289 g/mol. The van der Waals surface area contributed by atoms with E-state index in [0.29, 0.717) is 38.1 Å². The fraction of sp³-hybridized carbons (Fsp3) is 0.500. The number of carbonyl (C=O) groups is 1. The van der Waals surface area contributed by atoms with E-state index in [0.717, 1.165) is 6.07 Å². The molecule has 0 bridgehead atoms. The summed E-state index contributed by atoms with van der Waals surface area (Å²) in [4.78, 5) is 12.5. The first-order valence-electron chi connectivity index (χ1n) is 6.42. The Hall–Kier alpha value is -1.43. The highest BCUT2D eigenvalue weighted by Gasteiger charge is 2.41. The maximum Gasteiger partial charge on any atom is 0.419 e. The molecular formula is C14H15F4NO. The highest BCUT2D eigenvalue weighted by atomic mass is 19.4. The van der Waals surface area contributed by atoms with E-state index in [1.54, 1.807) is 0 Å². The zero-order valence-corrected chi connectivity index (χ0v) is 11.0. The average molecular weight is 289 g/mol. The van der Waals surface area contributed by atoms with Crippen molar-refractivity contribution in [3.63, 3.8) is 0 Å². The normalized spacial score (nSPS) is 23.1. The van der Waals surface area contributed by atoms with Crippen LogP contribution in [0.2, 0.25) is 0 Å². The summed E-state index contributed by atoms with van der Waals surface area (Å²) in [6.45, 7) is 2.94. The molecule has 0 amide bonds. The van der Waals surface area contributed by atoms with Crippen LogP contribution < -0.4 is 5.32 Å². The first-order valence-corrected chi connectivity index (χ1v) is 6.42. The molecule has 6 heteroatoms. The van der Waals surface area contributed by atoms with E-state index in [4.69, 9.17) is 0 Å². The Morgan fingerprint density at radius 3 is 2.60 bits per heavy atom. The summed E-state index contributed by atoms with van der Waals surface area (Å²) in [7, 11) is 0. The number of rotatable bonds is 3. The Balaban J connectivity index is 2.41. The molecule has 0 saturated carbocycles. The van der Waals surface area contributed by atoms with Crippen LogP contribution in [0, 0.1) is 11.2 Å². The van der Waals surface area contributed by atoms with Crippen LogP contribution >= 0.6 is 0 Å². The minimum Gasteiger partial charge on any atom is -0.316 e. The molecule has 110 valence electrons. The summed E-state index contributed by atoms with van der Waals surface area (Å²) >= 11 is 0. The Morgan fingerprint density at radius 2 is 2.10 bits per heavy atom. The molecule has 1 heterocycles. The molecule has 1 unspecified atom stereocenters. The summed E-state index contributed by atoms with van der Waals surface area (Å²) in [5, 5.41) is 3.05. The summed E-state index contributed by atoms with van der Waals surface area (Å²) in [5.74, 6) is -1.71. The van der Waals surface area contributed by atoms with Crippen molar-refractivity contribution in [2.45, 2.75) is 25.9 Å². The molecule has 0 aliphatic carbocycles. The van der Waals surface area contributed by atoms with E-state index in [-0.39, 0.29) is 11.3 Å².